The van der Waals surface area contributed by atoms with Gasteiger partial charge in [0.1, 0.15) is 5.76 Å². The van der Waals surface area contributed by atoms with Gasteiger partial charge in [0.15, 0.2) is 11.6 Å². The van der Waals surface area contributed by atoms with Crippen LogP contribution in [0.1, 0.15) is 24.8 Å². The highest BCUT2D eigenvalue weighted by Gasteiger charge is 2.31. The van der Waals surface area contributed by atoms with E-state index in [9.17, 15) is 27.2 Å². The van der Waals surface area contributed by atoms with E-state index in [2.05, 4.69) is 16.0 Å². The second-order valence-electron chi connectivity index (χ2n) is 8.15. The van der Waals surface area contributed by atoms with E-state index in [0.29, 0.717) is 23.9 Å². The second-order valence-corrected chi connectivity index (χ2v) is 8.56. The molecule has 188 valence electrons. The summed E-state index contributed by atoms with van der Waals surface area (Å²) in [5, 5.41) is 7.30. The molecule has 0 radical (unpaired) electrons. The van der Waals surface area contributed by atoms with Crippen molar-refractivity contribution in [3.05, 3.63) is 88.6 Å². The molecule has 0 heterocycles. The molecule has 4 rings (SSSR count). The van der Waals surface area contributed by atoms with Gasteiger partial charge in [-0.2, -0.15) is 13.2 Å². The van der Waals surface area contributed by atoms with Crippen LogP contribution in [0.25, 0.3) is 0 Å². The summed E-state index contributed by atoms with van der Waals surface area (Å²) in [5.74, 6) is -0.650. The van der Waals surface area contributed by atoms with Crippen LogP contribution in [0.3, 0.4) is 0 Å². The maximum Gasteiger partial charge on any atom is 0.416 e. The number of alkyl halides is 3. The van der Waals surface area contributed by atoms with Crippen molar-refractivity contribution in [1.82, 2.24) is 5.32 Å². The summed E-state index contributed by atoms with van der Waals surface area (Å²) in [6, 6.07) is 5.23. The number of amides is 3. The van der Waals surface area contributed by atoms with Gasteiger partial charge in [0.05, 0.1) is 16.3 Å². The zero-order valence-corrected chi connectivity index (χ0v) is 19.3. The Hall–Kier alpha value is -3.79. The van der Waals surface area contributed by atoms with Crippen molar-refractivity contribution in [2.24, 2.45) is 5.92 Å². The number of anilines is 2. The van der Waals surface area contributed by atoms with Crippen LogP contribution in [0, 0.1) is 11.7 Å². The molecule has 0 aliphatic heterocycles. The third-order valence-corrected chi connectivity index (χ3v) is 5.57. The summed E-state index contributed by atoms with van der Waals surface area (Å²) < 4.78 is 59.0. The number of carbonyl (C=O) groups is 2. The van der Waals surface area contributed by atoms with Crippen LogP contribution in [0.4, 0.5) is 33.7 Å². The highest BCUT2D eigenvalue weighted by Crippen LogP contribution is 2.34. The van der Waals surface area contributed by atoms with Crippen LogP contribution in [-0.2, 0) is 11.0 Å². The number of hydrogen-bond acceptors (Lipinski definition) is 3. The molecule has 0 saturated heterocycles. The fraction of sp³-hybridized carbons (Fsp3) is 0.200. The Bertz CT molecular complexity index is 1280. The topological polar surface area (TPSA) is 79.5 Å². The first-order valence-corrected chi connectivity index (χ1v) is 11.3. The Morgan fingerprint density at radius 3 is 2.50 bits per heavy atom. The Morgan fingerprint density at radius 1 is 1.03 bits per heavy atom. The molecule has 2 aromatic carbocycles. The molecule has 11 heteroatoms. The lowest BCUT2D eigenvalue weighted by atomic mass is 10.2. The van der Waals surface area contributed by atoms with Crippen LogP contribution < -0.4 is 20.7 Å². The molecule has 1 fully saturated rings. The van der Waals surface area contributed by atoms with Crippen molar-refractivity contribution < 1.29 is 31.9 Å². The van der Waals surface area contributed by atoms with Crippen LogP contribution in [0.5, 0.6) is 5.75 Å². The van der Waals surface area contributed by atoms with Gasteiger partial charge in [-0.05, 0) is 49.2 Å². The molecule has 3 N–H and O–H groups in total. The summed E-state index contributed by atoms with van der Waals surface area (Å²) in [6.45, 7) is 0. The van der Waals surface area contributed by atoms with Gasteiger partial charge >= 0.3 is 12.2 Å². The van der Waals surface area contributed by atoms with Crippen LogP contribution in [-0.4, -0.2) is 11.9 Å². The zero-order valence-electron chi connectivity index (χ0n) is 18.6. The number of halogens is 5. The van der Waals surface area contributed by atoms with Crippen molar-refractivity contribution in [2.45, 2.75) is 25.4 Å². The number of hydrogen-bond donors (Lipinski definition) is 3. The van der Waals surface area contributed by atoms with Gasteiger partial charge < -0.3 is 20.7 Å². The maximum absolute atomic E-state index is 14.7. The van der Waals surface area contributed by atoms with Crippen molar-refractivity contribution in [3.8, 4) is 5.75 Å². The number of rotatable bonds is 6. The van der Waals surface area contributed by atoms with E-state index < -0.39 is 23.6 Å². The highest BCUT2D eigenvalue weighted by molar-refractivity contribution is 6.33. The number of benzene rings is 2. The zero-order chi connectivity index (χ0) is 25.9. The molecule has 0 aromatic heterocycles. The molecule has 2 aliphatic rings. The highest BCUT2D eigenvalue weighted by atomic mass is 35.5. The Morgan fingerprint density at radius 2 is 1.81 bits per heavy atom. The first-order chi connectivity index (χ1) is 17.1. The molecule has 3 amide bonds. The van der Waals surface area contributed by atoms with E-state index in [1.54, 1.807) is 18.2 Å². The molecular formula is C25H20ClF4N3O3. The SMILES string of the molecule is O=C(Nc1ccc(OC2=CC=CCC(NC(=O)C3CC3)=C2)c(F)c1)Nc1cc(C(F)(F)F)ccc1Cl. The Balaban J connectivity index is 1.40. The normalized spacial score (nSPS) is 15.4. The number of allylic oxidation sites excluding steroid dienone is 4. The molecular weight excluding hydrogens is 502 g/mol. The molecule has 6 nitrogen and oxygen atoms in total. The Labute approximate surface area is 208 Å². The van der Waals surface area contributed by atoms with Gasteiger partial charge in [-0.15, -0.1) is 0 Å². The smallest absolute Gasteiger partial charge is 0.416 e. The summed E-state index contributed by atoms with van der Waals surface area (Å²) in [4.78, 5) is 24.3. The lowest BCUT2D eigenvalue weighted by molar-refractivity contribution is -0.137. The fourth-order valence-corrected chi connectivity index (χ4v) is 3.43. The molecule has 1 saturated carbocycles. The molecule has 0 atom stereocenters. The lowest BCUT2D eigenvalue weighted by Gasteiger charge is -2.13. The predicted octanol–water partition coefficient (Wildman–Crippen LogP) is 6.77. The third-order valence-electron chi connectivity index (χ3n) is 5.24. The van der Waals surface area contributed by atoms with Gasteiger partial charge in [-0.25, -0.2) is 9.18 Å². The van der Waals surface area contributed by atoms with Crippen molar-refractivity contribution in [1.29, 1.82) is 0 Å². The molecule has 0 unspecified atom stereocenters. The molecule has 2 aromatic rings. The van der Waals surface area contributed by atoms with Crippen molar-refractivity contribution in [3.63, 3.8) is 0 Å². The number of nitrogens with one attached hydrogen (secondary N) is 3. The monoisotopic (exact) mass is 521 g/mol. The van der Waals surface area contributed by atoms with Gasteiger partial charge in [0.25, 0.3) is 0 Å². The van der Waals surface area contributed by atoms with E-state index >= 15 is 0 Å². The fourth-order valence-electron chi connectivity index (χ4n) is 3.26. The first-order valence-electron chi connectivity index (χ1n) is 10.9. The van der Waals surface area contributed by atoms with Crippen LogP contribution in [0.2, 0.25) is 5.02 Å². The molecule has 0 bridgehead atoms. The molecule has 2 aliphatic carbocycles. The Kier molecular flexibility index (Phi) is 7.35. The molecule has 36 heavy (non-hydrogen) atoms. The third kappa shape index (κ3) is 6.66. The van der Waals surface area contributed by atoms with E-state index in [-0.39, 0.29) is 34.0 Å². The number of ether oxygens (including phenoxy) is 1. The summed E-state index contributed by atoms with van der Waals surface area (Å²) >= 11 is 5.88. The van der Waals surface area contributed by atoms with E-state index in [1.807, 2.05) is 6.08 Å². The van der Waals surface area contributed by atoms with Gasteiger partial charge in [-0.1, -0.05) is 23.8 Å². The predicted molar refractivity (Wildman–Crippen MR) is 127 cm³/mol. The average Bonchev–Trinajstić information content (AvgIpc) is 3.65. The van der Waals surface area contributed by atoms with Gasteiger partial charge in [0.2, 0.25) is 5.91 Å². The standard InChI is InChI=1S/C25H20ClF4N3O3/c26-19-9-7-15(25(28,29)30)11-21(19)33-24(35)32-17-8-10-22(20(27)13-17)36-18-4-2-1-3-16(12-18)31-23(34)14-5-6-14/h1-2,4,7-14H,3,5-6H2,(H,31,34)(H2,32,33,35). The minimum atomic E-state index is -4.61. The van der Waals surface area contributed by atoms with E-state index in [0.717, 1.165) is 31.0 Å². The largest absolute Gasteiger partial charge is 0.454 e. The van der Waals surface area contributed by atoms with Crippen molar-refractivity contribution in [2.75, 3.05) is 10.6 Å². The van der Waals surface area contributed by atoms with Crippen LogP contribution in [0.15, 0.2) is 72.2 Å². The summed E-state index contributed by atoms with van der Waals surface area (Å²) in [6.07, 6.45) is 4.38. The maximum atomic E-state index is 14.7. The van der Waals surface area contributed by atoms with E-state index in [4.69, 9.17) is 16.3 Å². The molecule has 0 spiro atoms. The summed E-state index contributed by atoms with van der Waals surface area (Å²) in [7, 11) is 0. The minimum absolute atomic E-state index is 0.0307. The van der Waals surface area contributed by atoms with Gasteiger partial charge in [-0.3, -0.25) is 4.79 Å². The second kappa shape index (κ2) is 10.4. The summed E-state index contributed by atoms with van der Waals surface area (Å²) in [5.41, 5.74) is -0.588. The average molecular weight is 522 g/mol. The van der Waals surface area contributed by atoms with Crippen LogP contribution >= 0.6 is 11.6 Å². The van der Waals surface area contributed by atoms with Gasteiger partial charge in [0, 0.05) is 35.9 Å². The van der Waals surface area contributed by atoms with E-state index in [1.165, 1.54) is 12.1 Å². The quantitative estimate of drug-likeness (QED) is 0.367. The first kappa shape index (κ1) is 25.3. The van der Waals surface area contributed by atoms with Crippen molar-refractivity contribution >= 4 is 34.9 Å². The number of carbonyl (C=O) groups excluding carboxylic acids is 2. The lowest BCUT2D eigenvalue weighted by Crippen LogP contribution is -2.24. The number of urea groups is 1. The minimum Gasteiger partial charge on any atom is -0.454 e.